The molecule has 4 aromatic rings. The van der Waals surface area contributed by atoms with Gasteiger partial charge in [-0.3, -0.25) is 9.78 Å². The number of halogens is 4. The number of nitrogens with one attached hydrogen (secondary N) is 1. The summed E-state index contributed by atoms with van der Waals surface area (Å²) in [5.41, 5.74) is -0.631. The molecule has 1 amide bonds. The molecule has 10 heteroatoms. The highest BCUT2D eigenvalue weighted by atomic mass is 79.9. The van der Waals surface area contributed by atoms with E-state index in [1.165, 1.54) is 6.07 Å². The van der Waals surface area contributed by atoms with Gasteiger partial charge in [0.15, 0.2) is 11.3 Å². The third-order valence-corrected chi connectivity index (χ3v) is 5.37. The van der Waals surface area contributed by atoms with Crippen molar-refractivity contribution in [3.05, 3.63) is 64.1 Å². The van der Waals surface area contributed by atoms with Crippen molar-refractivity contribution >= 4 is 44.1 Å². The maximum absolute atomic E-state index is 13.7. The van der Waals surface area contributed by atoms with Crippen molar-refractivity contribution in [3.8, 4) is 0 Å². The van der Waals surface area contributed by atoms with Gasteiger partial charge in [0.25, 0.3) is 5.91 Å². The number of carbonyl (C=O) groups is 1. The first-order valence-electron chi connectivity index (χ1n) is 9.28. The molecule has 160 valence electrons. The smallest absolute Gasteiger partial charge is 0.319 e. The standard InChI is InChI=1S/C21H17BrF3N5O/c1-20(2,3)15-10-16(21(23,24)25)30-17(28-15)9-14(29-30)19(31)27-13-7-6-12(22)11-5-4-8-26-18(11)13/h4-10H,1-3H3,(H,27,31). The minimum atomic E-state index is -4.66. The van der Waals surface area contributed by atoms with E-state index in [4.69, 9.17) is 0 Å². The van der Waals surface area contributed by atoms with Crippen LogP contribution in [0.5, 0.6) is 0 Å². The highest BCUT2D eigenvalue weighted by Crippen LogP contribution is 2.33. The minimum absolute atomic E-state index is 0.0521. The van der Waals surface area contributed by atoms with E-state index in [2.05, 4.69) is 36.3 Å². The molecule has 1 N–H and O–H groups in total. The molecule has 1 aromatic carbocycles. The quantitative estimate of drug-likeness (QED) is 0.395. The van der Waals surface area contributed by atoms with Gasteiger partial charge in [0.2, 0.25) is 0 Å². The number of hydrogen-bond donors (Lipinski definition) is 1. The number of nitrogens with zero attached hydrogens (tertiary/aromatic N) is 4. The fraction of sp³-hybridized carbons (Fsp3) is 0.238. The van der Waals surface area contributed by atoms with Crippen LogP contribution in [-0.2, 0) is 11.6 Å². The Kier molecular flexibility index (Phi) is 5.00. The number of pyridine rings is 1. The molecule has 0 saturated heterocycles. The Morgan fingerprint density at radius 2 is 1.87 bits per heavy atom. The molecule has 0 atom stereocenters. The molecule has 0 radical (unpaired) electrons. The van der Waals surface area contributed by atoms with Crippen LogP contribution < -0.4 is 5.32 Å². The van der Waals surface area contributed by atoms with E-state index in [0.717, 1.165) is 15.9 Å². The first kappa shape index (κ1) is 21.2. The number of carbonyl (C=O) groups excluding carboxylic acids is 1. The Morgan fingerprint density at radius 3 is 2.55 bits per heavy atom. The molecule has 0 aliphatic heterocycles. The molecular formula is C21H17BrF3N5O. The van der Waals surface area contributed by atoms with Crippen LogP contribution in [0.4, 0.5) is 18.9 Å². The maximum atomic E-state index is 13.7. The molecule has 0 saturated carbocycles. The number of amides is 1. The molecule has 4 rings (SSSR count). The van der Waals surface area contributed by atoms with E-state index in [0.29, 0.717) is 15.7 Å². The number of aromatic nitrogens is 4. The van der Waals surface area contributed by atoms with Gasteiger partial charge in [-0.1, -0.05) is 42.8 Å². The number of rotatable bonds is 2. The van der Waals surface area contributed by atoms with Gasteiger partial charge in [-0.15, -0.1) is 0 Å². The Labute approximate surface area is 183 Å². The van der Waals surface area contributed by atoms with Crippen LogP contribution in [0, 0.1) is 0 Å². The van der Waals surface area contributed by atoms with E-state index in [-0.39, 0.29) is 17.0 Å². The molecule has 3 aromatic heterocycles. The SMILES string of the molecule is CC(C)(C)c1cc(C(F)(F)F)n2nc(C(=O)Nc3ccc(Br)c4cccnc34)cc2n1. The molecule has 0 bridgehead atoms. The molecule has 0 unspecified atom stereocenters. The largest absolute Gasteiger partial charge is 0.433 e. The molecule has 0 aliphatic rings. The highest BCUT2D eigenvalue weighted by Gasteiger charge is 2.36. The number of benzene rings is 1. The number of hydrogen-bond acceptors (Lipinski definition) is 4. The predicted octanol–water partition coefficient (Wildman–Crippen LogP) is 5.61. The third kappa shape index (κ3) is 3.99. The van der Waals surface area contributed by atoms with Gasteiger partial charge in [-0.25, -0.2) is 9.50 Å². The Bertz CT molecular complexity index is 1320. The van der Waals surface area contributed by atoms with Gasteiger partial charge in [-0.2, -0.15) is 18.3 Å². The van der Waals surface area contributed by atoms with Crippen molar-refractivity contribution in [1.82, 2.24) is 19.6 Å². The van der Waals surface area contributed by atoms with E-state index < -0.39 is 23.2 Å². The fourth-order valence-corrected chi connectivity index (χ4v) is 3.55. The van der Waals surface area contributed by atoms with Crippen LogP contribution in [0.25, 0.3) is 16.6 Å². The molecule has 0 aliphatic carbocycles. The maximum Gasteiger partial charge on any atom is 0.433 e. The zero-order valence-corrected chi connectivity index (χ0v) is 18.3. The van der Waals surface area contributed by atoms with Crippen LogP contribution in [0.1, 0.15) is 42.6 Å². The Balaban J connectivity index is 1.79. The molecule has 31 heavy (non-hydrogen) atoms. The first-order valence-corrected chi connectivity index (χ1v) is 10.1. The second-order valence-electron chi connectivity index (χ2n) is 8.02. The lowest BCUT2D eigenvalue weighted by Gasteiger charge is -2.19. The van der Waals surface area contributed by atoms with Crippen molar-refractivity contribution in [2.75, 3.05) is 5.32 Å². The summed E-state index contributed by atoms with van der Waals surface area (Å²) in [6, 6.07) is 9.22. The summed E-state index contributed by atoms with van der Waals surface area (Å²) >= 11 is 3.43. The van der Waals surface area contributed by atoms with E-state index >= 15 is 0 Å². The van der Waals surface area contributed by atoms with Crippen LogP contribution in [0.15, 0.2) is 47.1 Å². The van der Waals surface area contributed by atoms with Crippen molar-refractivity contribution in [2.24, 2.45) is 0 Å². The fourth-order valence-electron chi connectivity index (χ4n) is 3.10. The molecular weight excluding hydrogens is 475 g/mol. The second-order valence-corrected chi connectivity index (χ2v) is 8.88. The van der Waals surface area contributed by atoms with Gasteiger partial charge in [0.05, 0.1) is 16.9 Å². The van der Waals surface area contributed by atoms with Crippen LogP contribution >= 0.6 is 15.9 Å². The summed E-state index contributed by atoms with van der Waals surface area (Å²) in [6.07, 6.45) is -3.07. The van der Waals surface area contributed by atoms with Crippen LogP contribution in [-0.4, -0.2) is 25.5 Å². The van der Waals surface area contributed by atoms with Gasteiger partial charge >= 0.3 is 6.18 Å². The van der Waals surface area contributed by atoms with Crippen molar-refractivity contribution in [1.29, 1.82) is 0 Å². The van der Waals surface area contributed by atoms with Gasteiger partial charge in [0, 0.05) is 27.5 Å². The van der Waals surface area contributed by atoms with E-state index in [9.17, 15) is 18.0 Å². The summed E-state index contributed by atoms with van der Waals surface area (Å²) in [5.74, 6) is -0.662. The summed E-state index contributed by atoms with van der Waals surface area (Å²) in [6.45, 7) is 5.30. The zero-order valence-electron chi connectivity index (χ0n) is 16.8. The Hall–Kier alpha value is -3.01. The lowest BCUT2D eigenvalue weighted by atomic mass is 9.91. The predicted molar refractivity (Wildman–Crippen MR) is 114 cm³/mol. The topological polar surface area (TPSA) is 72.2 Å². The van der Waals surface area contributed by atoms with Gasteiger partial charge < -0.3 is 5.32 Å². The highest BCUT2D eigenvalue weighted by molar-refractivity contribution is 9.10. The lowest BCUT2D eigenvalue weighted by molar-refractivity contribution is -0.142. The van der Waals surface area contributed by atoms with E-state index in [1.807, 2.05) is 6.07 Å². The number of anilines is 1. The zero-order chi connectivity index (χ0) is 22.6. The monoisotopic (exact) mass is 491 g/mol. The average Bonchev–Trinajstić information content (AvgIpc) is 3.12. The Morgan fingerprint density at radius 1 is 1.13 bits per heavy atom. The lowest BCUT2D eigenvalue weighted by Crippen LogP contribution is -2.20. The third-order valence-electron chi connectivity index (χ3n) is 4.68. The van der Waals surface area contributed by atoms with Crippen LogP contribution in [0.3, 0.4) is 0 Å². The van der Waals surface area contributed by atoms with Gasteiger partial charge in [0.1, 0.15) is 5.69 Å². The molecule has 0 fully saturated rings. The van der Waals surface area contributed by atoms with Crippen molar-refractivity contribution in [2.45, 2.75) is 32.4 Å². The summed E-state index contributed by atoms with van der Waals surface area (Å²) in [4.78, 5) is 21.4. The molecule has 6 nitrogen and oxygen atoms in total. The number of alkyl halides is 3. The minimum Gasteiger partial charge on any atom is -0.319 e. The summed E-state index contributed by atoms with van der Waals surface area (Å²) in [7, 11) is 0. The van der Waals surface area contributed by atoms with Crippen molar-refractivity contribution < 1.29 is 18.0 Å². The van der Waals surface area contributed by atoms with E-state index in [1.54, 1.807) is 45.2 Å². The average molecular weight is 492 g/mol. The van der Waals surface area contributed by atoms with Crippen LogP contribution in [0.2, 0.25) is 0 Å². The normalized spacial score (nSPS) is 12.5. The summed E-state index contributed by atoms with van der Waals surface area (Å²) < 4.78 is 42.4. The second kappa shape index (κ2) is 7.30. The number of fused-ring (bicyclic) bond motifs is 2. The van der Waals surface area contributed by atoms with Gasteiger partial charge in [-0.05, 0) is 24.3 Å². The molecule has 0 spiro atoms. The first-order chi connectivity index (χ1) is 14.4. The summed E-state index contributed by atoms with van der Waals surface area (Å²) in [5, 5.41) is 7.36. The molecule has 3 heterocycles. The van der Waals surface area contributed by atoms with Crippen molar-refractivity contribution in [3.63, 3.8) is 0 Å².